The van der Waals surface area contributed by atoms with E-state index in [1.165, 1.54) is 23.2 Å². The molecule has 0 N–H and O–H groups in total. The first-order valence-corrected chi connectivity index (χ1v) is 8.52. The van der Waals surface area contributed by atoms with Crippen molar-refractivity contribution in [3.63, 3.8) is 0 Å². The van der Waals surface area contributed by atoms with Crippen LogP contribution in [0.5, 0.6) is 0 Å². The van der Waals surface area contributed by atoms with Crippen LogP contribution < -0.4 is 0 Å². The van der Waals surface area contributed by atoms with E-state index in [4.69, 9.17) is 4.74 Å². The zero-order valence-electron chi connectivity index (χ0n) is 15.7. The molecule has 1 aromatic carbocycles. The number of aromatic nitrogens is 1. The monoisotopic (exact) mass is 376 g/mol. The van der Waals surface area contributed by atoms with Gasteiger partial charge in [-0.05, 0) is 38.5 Å². The van der Waals surface area contributed by atoms with Gasteiger partial charge in [-0.1, -0.05) is 0 Å². The first kappa shape index (κ1) is 18.9. The molecule has 0 spiro atoms. The number of hydrogen-bond acceptors (Lipinski definition) is 5. The molecule has 7 nitrogen and oxygen atoms in total. The molecule has 0 unspecified atom stereocenters. The molecular weight excluding hydrogens is 355 g/mol. The Morgan fingerprint density at radius 1 is 1.15 bits per heavy atom. The van der Waals surface area contributed by atoms with Gasteiger partial charge in [0.1, 0.15) is 11.4 Å². The molecule has 2 aromatic rings. The number of ketones is 1. The number of carbonyl (C=O) groups excluding carboxylic acids is 3. The van der Waals surface area contributed by atoms with Crippen molar-refractivity contribution in [2.24, 2.45) is 0 Å². The number of benzene rings is 1. The minimum atomic E-state index is -1.01. The molecule has 0 fully saturated rings. The molecule has 2 heterocycles. The second-order valence-electron chi connectivity index (χ2n) is 7.42. The van der Waals surface area contributed by atoms with Crippen LogP contribution in [0.2, 0.25) is 0 Å². The Balaban J connectivity index is 2.04. The Morgan fingerprint density at radius 2 is 1.85 bits per heavy atom. The van der Waals surface area contributed by atoms with Crippen molar-refractivity contribution < 1.29 is 28.2 Å². The predicted molar refractivity (Wildman–Crippen MR) is 94.9 cm³/mol. The van der Waals surface area contributed by atoms with E-state index in [0.717, 1.165) is 7.11 Å². The highest BCUT2D eigenvalue weighted by molar-refractivity contribution is 6.43. The number of carbonyl (C=O) groups is 3. The van der Waals surface area contributed by atoms with Gasteiger partial charge in [0, 0.05) is 24.7 Å². The van der Waals surface area contributed by atoms with Crippen LogP contribution in [0.25, 0.3) is 10.9 Å². The van der Waals surface area contributed by atoms with Gasteiger partial charge in [-0.3, -0.25) is 4.79 Å². The molecule has 0 aliphatic carbocycles. The maximum Gasteiger partial charge on any atom is 0.410 e. The summed E-state index contributed by atoms with van der Waals surface area (Å²) in [5.74, 6) is -2.39. The average Bonchev–Trinajstić information content (AvgIpc) is 2.82. The third-order valence-corrected chi connectivity index (χ3v) is 4.26. The van der Waals surface area contributed by atoms with Gasteiger partial charge in [-0.2, -0.15) is 0 Å². The number of methoxy groups -OCH3 is 1. The number of Topliss-reactive ketones (excluding diaryl/α,β-unsaturated/α-hetero) is 1. The molecule has 8 heteroatoms. The molecule has 0 radical (unpaired) electrons. The van der Waals surface area contributed by atoms with E-state index in [9.17, 15) is 18.8 Å². The predicted octanol–water partition coefficient (Wildman–Crippen LogP) is 2.89. The summed E-state index contributed by atoms with van der Waals surface area (Å²) < 4.78 is 25.9. The maximum atomic E-state index is 14.2. The summed E-state index contributed by atoms with van der Waals surface area (Å²) in [6.07, 6.45) is 1.02. The van der Waals surface area contributed by atoms with E-state index in [0.29, 0.717) is 29.6 Å². The lowest BCUT2D eigenvalue weighted by molar-refractivity contribution is -0.135. The van der Waals surface area contributed by atoms with E-state index in [1.807, 2.05) is 0 Å². The summed E-state index contributed by atoms with van der Waals surface area (Å²) in [6, 6.07) is 2.54. The third-order valence-electron chi connectivity index (χ3n) is 4.26. The average molecular weight is 376 g/mol. The van der Waals surface area contributed by atoms with Gasteiger partial charge in [0.15, 0.2) is 0 Å². The fraction of sp³-hybridized carbons (Fsp3) is 0.421. The third kappa shape index (κ3) is 3.65. The minimum Gasteiger partial charge on any atom is -0.463 e. The Kier molecular flexibility index (Phi) is 4.67. The number of halogens is 1. The smallest absolute Gasteiger partial charge is 0.410 e. The van der Waals surface area contributed by atoms with Crippen molar-refractivity contribution in [3.8, 4) is 0 Å². The van der Waals surface area contributed by atoms with Crippen molar-refractivity contribution in [2.45, 2.75) is 39.5 Å². The van der Waals surface area contributed by atoms with Crippen molar-refractivity contribution in [3.05, 3.63) is 35.3 Å². The quantitative estimate of drug-likeness (QED) is 0.458. The van der Waals surface area contributed by atoms with Crippen LogP contribution in [-0.2, 0) is 27.4 Å². The van der Waals surface area contributed by atoms with Crippen LogP contribution in [0.3, 0.4) is 0 Å². The molecule has 1 aliphatic rings. The number of rotatable bonds is 2. The van der Waals surface area contributed by atoms with Gasteiger partial charge in [-0.15, -0.1) is 0 Å². The largest absolute Gasteiger partial charge is 0.463 e. The normalized spacial score (nSPS) is 14.0. The molecular formula is C19H21FN2O5. The van der Waals surface area contributed by atoms with Crippen molar-refractivity contribution in [2.75, 3.05) is 13.7 Å². The van der Waals surface area contributed by atoms with Gasteiger partial charge in [-0.25, -0.2) is 14.0 Å². The summed E-state index contributed by atoms with van der Waals surface area (Å²) >= 11 is 0. The van der Waals surface area contributed by atoms with Gasteiger partial charge >= 0.3 is 12.1 Å². The molecule has 0 atom stereocenters. The van der Waals surface area contributed by atoms with Crippen LogP contribution in [0.4, 0.5) is 9.18 Å². The Labute approximate surface area is 155 Å². The second-order valence-corrected chi connectivity index (χ2v) is 7.42. The SMILES string of the molecule is COC(=O)C(=O)c1cn2c3c(cc(F)cc13)CN(C(=O)OC(C)(C)C)CC2. The number of ether oxygens (including phenoxy) is 2. The first-order chi connectivity index (χ1) is 12.6. The number of amides is 1. The Bertz CT molecular complexity index is 942. The van der Waals surface area contributed by atoms with Gasteiger partial charge in [0.25, 0.3) is 5.78 Å². The minimum absolute atomic E-state index is 0.0864. The fourth-order valence-corrected chi connectivity index (χ4v) is 3.17. The molecule has 3 rings (SSSR count). The molecule has 27 heavy (non-hydrogen) atoms. The van der Waals surface area contributed by atoms with Crippen LogP contribution in [0, 0.1) is 5.82 Å². The van der Waals surface area contributed by atoms with Crippen LogP contribution in [0.1, 0.15) is 36.7 Å². The lowest BCUT2D eigenvalue weighted by atomic mass is 10.1. The van der Waals surface area contributed by atoms with Gasteiger partial charge < -0.3 is 18.9 Å². The zero-order valence-corrected chi connectivity index (χ0v) is 15.7. The zero-order chi connectivity index (χ0) is 19.9. The lowest BCUT2D eigenvalue weighted by Gasteiger charge is -2.26. The summed E-state index contributed by atoms with van der Waals surface area (Å²) in [5, 5.41) is 0.325. The van der Waals surface area contributed by atoms with E-state index < -0.39 is 29.3 Å². The molecule has 1 aromatic heterocycles. The van der Waals surface area contributed by atoms with Crippen LogP contribution in [0.15, 0.2) is 18.3 Å². The highest BCUT2D eigenvalue weighted by atomic mass is 19.1. The number of hydrogen-bond donors (Lipinski definition) is 0. The fourth-order valence-electron chi connectivity index (χ4n) is 3.17. The lowest BCUT2D eigenvalue weighted by Crippen LogP contribution is -2.37. The van der Waals surface area contributed by atoms with Crippen molar-refractivity contribution >= 4 is 28.7 Å². The molecule has 0 saturated heterocycles. The second kappa shape index (κ2) is 6.68. The first-order valence-electron chi connectivity index (χ1n) is 8.52. The Hall–Kier alpha value is -2.90. The topological polar surface area (TPSA) is 77.8 Å². The molecule has 1 aliphatic heterocycles. The molecule has 1 amide bonds. The van der Waals surface area contributed by atoms with E-state index in [2.05, 4.69) is 4.74 Å². The number of nitrogens with zero attached hydrogens (tertiary/aromatic N) is 2. The summed E-state index contributed by atoms with van der Waals surface area (Å²) in [7, 11) is 1.12. The Morgan fingerprint density at radius 3 is 2.48 bits per heavy atom. The summed E-state index contributed by atoms with van der Waals surface area (Å²) in [4.78, 5) is 37.8. The summed E-state index contributed by atoms with van der Waals surface area (Å²) in [5.41, 5.74) is 0.603. The molecule has 144 valence electrons. The maximum absolute atomic E-state index is 14.2. The van der Waals surface area contributed by atoms with Gasteiger partial charge in [0.05, 0.1) is 24.7 Å². The standard InChI is InChI=1S/C19H21FN2O5/c1-19(2,3)27-18(25)22-6-5-21-10-14(16(23)17(24)26-4)13-8-12(20)7-11(9-22)15(13)21/h7-8,10H,5-6,9H2,1-4H3. The van der Waals surface area contributed by atoms with E-state index in [1.54, 1.807) is 25.3 Å². The van der Waals surface area contributed by atoms with Crippen molar-refractivity contribution in [1.82, 2.24) is 9.47 Å². The molecule has 0 bridgehead atoms. The molecule has 0 saturated carbocycles. The van der Waals surface area contributed by atoms with Crippen LogP contribution in [-0.4, -0.2) is 46.6 Å². The van der Waals surface area contributed by atoms with E-state index in [-0.39, 0.29) is 12.1 Å². The highest BCUT2D eigenvalue weighted by Crippen LogP contribution is 2.30. The van der Waals surface area contributed by atoms with Crippen LogP contribution >= 0.6 is 0 Å². The van der Waals surface area contributed by atoms with E-state index >= 15 is 0 Å². The van der Waals surface area contributed by atoms with Gasteiger partial charge in [0.2, 0.25) is 0 Å². The van der Waals surface area contributed by atoms with Crippen molar-refractivity contribution in [1.29, 1.82) is 0 Å². The number of esters is 1. The summed E-state index contributed by atoms with van der Waals surface area (Å²) in [6.45, 7) is 6.16. The highest BCUT2D eigenvalue weighted by Gasteiger charge is 2.29.